The van der Waals surface area contributed by atoms with Crippen molar-refractivity contribution in [3.63, 3.8) is 0 Å². The van der Waals surface area contributed by atoms with Gasteiger partial charge in [0.05, 0.1) is 5.57 Å². The molecule has 0 unspecified atom stereocenters. The summed E-state index contributed by atoms with van der Waals surface area (Å²) >= 11 is 0. The molecule has 7 nitrogen and oxygen atoms in total. The van der Waals surface area contributed by atoms with E-state index in [1.165, 1.54) is 0 Å². The number of carboxylic acids is 1. The highest BCUT2D eigenvalue weighted by Crippen LogP contribution is 2.39. The van der Waals surface area contributed by atoms with Crippen LogP contribution in [-0.2, 0) is 10.6 Å². The molecule has 0 amide bonds. The molecule has 82 valence electrons. The first-order valence-electron chi connectivity index (χ1n) is 3.65. The molecule has 15 heavy (non-hydrogen) atoms. The van der Waals surface area contributed by atoms with E-state index in [-0.39, 0.29) is 0 Å². The third kappa shape index (κ3) is 1.65. The van der Waals surface area contributed by atoms with E-state index in [1.54, 1.807) is 0 Å². The van der Waals surface area contributed by atoms with Crippen LogP contribution in [0.5, 0.6) is 11.5 Å². The number of aliphatic carboxylic acids is 1. The molecule has 0 atom stereocenters. The molecule has 1 heterocycles. The van der Waals surface area contributed by atoms with Gasteiger partial charge in [-0.2, -0.15) is 0 Å². The van der Waals surface area contributed by atoms with Gasteiger partial charge < -0.3 is 29.9 Å². The van der Waals surface area contributed by atoms with E-state index in [0.717, 1.165) is 0 Å². The molecule has 0 radical (unpaired) electrons. The van der Waals surface area contributed by atoms with Gasteiger partial charge in [0, 0.05) is 0 Å². The molecular weight excluding hydrogens is 208 g/mol. The molecule has 1 aromatic rings. The van der Waals surface area contributed by atoms with Crippen LogP contribution in [0.25, 0.3) is 0 Å². The summed E-state index contributed by atoms with van der Waals surface area (Å²) in [6.07, 6.45) is 0.626. The van der Waals surface area contributed by atoms with Crippen molar-refractivity contribution in [1.82, 2.24) is 0 Å². The first-order valence-corrected chi connectivity index (χ1v) is 3.65. The van der Waals surface area contributed by atoms with Crippen molar-refractivity contribution in [2.75, 3.05) is 0 Å². The lowest BCUT2D eigenvalue weighted by Crippen LogP contribution is -2.30. The van der Waals surface area contributed by atoms with Gasteiger partial charge in [0.25, 0.3) is 5.79 Å². The smallest absolute Gasteiger partial charge is 0.336 e. The number of aromatic hydroxyl groups is 2. The summed E-state index contributed by atoms with van der Waals surface area (Å²) in [5.41, 5.74) is -1.02. The van der Waals surface area contributed by atoms with Crippen LogP contribution in [0.15, 0.2) is 22.8 Å². The molecule has 0 saturated carbocycles. The highest BCUT2D eigenvalue weighted by Gasteiger charge is 2.41. The molecule has 0 bridgehead atoms. The van der Waals surface area contributed by atoms with Gasteiger partial charge in [0.2, 0.25) is 11.5 Å². The zero-order chi connectivity index (χ0) is 11.8. The molecule has 0 aliphatic carbocycles. The van der Waals surface area contributed by atoms with Crippen molar-refractivity contribution in [3.05, 3.63) is 24.2 Å². The summed E-state index contributed by atoms with van der Waals surface area (Å²) in [6.45, 7) is 2.90. The number of carbonyl (C=O) groups is 1. The molecule has 1 aromatic heterocycles. The fourth-order valence-corrected chi connectivity index (χ4v) is 0.876. The Kier molecular flexibility index (Phi) is 2.44. The Labute approximate surface area is 83.1 Å². The number of furan rings is 1. The molecule has 0 fully saturated rings. The molecule has 0 aromatic carbocycles. The lowest BCUT2D eigenvalue weighted by Gasteiger charge is -2.18. The van der Waals surface area contributed by atoms with Crippen molar-refractivity contribution in [3.8, 4) is 11.5 Å². The number of aliphatic hydroxyl groups is 2. The van der Waals surface area contributed by atoms with Crippen LogP contribution in [0.2, 0.25) is 0 Å². The summed E-state index contributed by atoms with van der Waals surface area (Å²) in [5.74, 6) is -7.38. The predicted molar refractivity (Wildman–Crippen MR) is 44.9 cm³/mol. The SMILES string of the molecule is C=C(C(=O)O)C(O)(O)c1occ(O)c1O. The molecule has 0 aliphatic heterocycles. The van der Waals surface area contributed by atoms with Crippen LogP contribution in [0, 0.1) is 0 Å². The van der Waals surface area contributed by atoms with E-state index in [0.29, 0.717) is 6.26 Å². The summed E-state index contributed by atoms with van der Waals surface area (Å²) in [7, 11) is 0. The van der Waals surface area contributed by atoms with Crippen molar-refractivity contribution in [2.24, 2.45) is 0 Å². The molecular formula is C8H8O7. The zero-order valence-electron chi connectivity index (χ0n) is 7.34. The molecule has 7 heteroatoms. The number of rotatable bonds is 3. The monoisotopic (exact) mass is 216 g/mol. The third-order valence-corrected chi connectivity index (χ3v) is 1.74. The minimum absolute atomic E-state index is 0.626. The lowest BCUT2D eigenvalue weighted by molar-refractivity contribution is -0.166. The summed E-state index contributed by atoms with van der Waals surface area (Å²) < 4.78 is 4.41. The lowest BCUT2D eigenvalue weighted by atomic mass is 10.1. The Hall–Kier alpha value is -1.99. The quantitative estimate of drug-likeness (QED) is 0.339. The number of hydrogen-bond donors (Lipinski definition) is 5. The van der Waals surface area contributed by atoms with Crippen LogP contribution in [-0.4, -0.2) is 31.5 Å². The molecule has 0 spiro atoms. The van der Waals surface area contributed by atoms with Gasteiger partial charge in [-0.05, 0) is 0 Å². The van der Waals surface area contributed by atoms with Gasteiger partial charge in [0.15, 0.2) is 5.75 Å². The van der Waals surface area contributed by atoms with E-state index >= 15 is 0 Å². The second kappa shape index (κ2) is 3.30. The van der Waals surface area contributed by atoms with Crippen LogP contribution in [0.4, 0.5) is 0 Å². The Morgan fingerprint density at radius 3 is 2.27 bits per heavy atom. The first-order chi connectivity index (χ1) is 6.78. The Balaban J connectivity index is 3.22. The van der Waals surface area contributed by atoms with Gasteiger partial charge >= 0.3 is 5.97 Å². The van der Waals surface area contributed by atoms with Crippen molar-refractivity contribution >= 4 is 5.97 Å². The maximum absolute atomic E-state index is 10.4. The van der Waals surface area contributed by atoms with Gasteiger partial charge in [-0.3, -0.25) is 0 Å². The van der Waals surface area contributed by atoms with E-state index in [9.17, 15) is 15.0 Å². The molecule has 0 aliphatic rings. The topological polar surface area (TPSA) is 131 Å². The van der Waals surface area contributed by atoms with E-state index in [1.807, 2.05) is 0 Å². The van der Waals surface area contributed by atoms with E-state index < -0.39 is 34.6 Å². The van der Waals surface area contributed by atoms with E-state index in [4.69, 9.17) is 15.3 Å². The Bertz CT molecular complexity index is 415. The largest absolute Gasteiger partial charge is 0.502 e. The zero-order valence-corrected chi connectivity index (χ0v) is 7.34. The molecule has 0 saturated heterocycles. The van der Waals surface area contributed by atoms with Crippen molar-refractivity contribution in [2.45, 2.75) is 5.79 Å². The highest BCUT2D eigenvalue weighted by molar-refractivity contribution is 5.88. The standard InChI is InChI=1S/C8H8O7/c1-3(7(11)12)8(13,14)6-5(10)4(9)2-15-6/h2,9-10,13-14H,1H2,(H,11,12). The fourth-order valence-electron chi connectivity index (χ4n) is 0.876. The van der Waals surface area contributed by atoms with Gasteiger partial charge in [-0.1, -0.05) is 6.58 Å². The second-order valence-corrected chi connectivity index (χ2v) is 2.75. The van der Waals surface area contributed by atoms with Crippen LogP contribution >= 0.6 is 0 Å². The summed E-state index contributed by atoms with van der Waals surface area (Å²) in [6, 6.07) is 0. The van der Waals surface area contributed by atoms with Crippen LogP contribution in [0.3, 0.4) is 0 Å². The molecule has 5 N–H and O–H groups in total. The Morgan fingerprint density at radius 1 is 1.40 bits per heavy atom. The normalized spacial score (nSPS) is 11.3. The van der Waals surface area contributed by atoms with Crippen LogP contribution in [0.1, 0.15) is 5.76 Å². The average molecular weight is 216 g/mol. The second-order valence-electron chi connectivity index (χ2n) is 2.75. The van der Waals surface area contributed by atoms with Crippen molar-refractivity contribution in [1.29, 1.82) is 0 Å². The number of carboxylic acid groups (broad SMARTS) is 1. The van der Waals surface area contributed by atoms with Gasteiger partial charge in [-0.25, -0.2) is 4.79 Å². The van der Waals surface area contributed by atoms with Gasteiger partial charge in [0.1, 0.15) is 6.26 Å². The predicted octanol–water partition coefficient (Wildman–Crippen LogP) is -0.531. The fraction of sp³-hybridized carbons (Fsp3) is 0.125. The van der Waals surface area contributed by atoms with E-state index in [2.05, 4.69) is 11.0 Å². The van der Waals surface area contributed by atoms with Crippen LogP contribution < -0.4 is 0 Å². The maximum atomic E-state index is 10.4. The average Bonchev–Trinajstić information content (AvgIpc) is 2.46. The van der Waals surface area contributed by atoms with Crippen molar-refractivity contribution < 1.29 is 34.7 Å². The minimum atomic E-state index is -3.09. The maximum Gasteiger partial charge on any atom is 0.336 e. The molecule has 1 rings (SSSR count). The minimum Gasteiger partial charge on any atom is -0.502 e. The number of hydrogen-bond acceptors (Lipinski definition) is 6. The first kappa shape index (κ1) is 11.1. The highest BCUT2D eigenvalue weighted by atomic mass is 16.5. The summed E-state index contributed by atoms with van der Waals surface area (Å²) in [5, 5.41) is 45.1. The van der Waals surface area contributed by atoms with Gasteiger partial charge in [-0.15, -0.1) is 0 Å². The summed E-state index contributed by atoms with van der Waals surface area (Å²) in [4.78, 5) is 10.4. The third-order valence-electron chi connectivity index (χ3n) is 1.74. The Morgan fingerprint density at radius 2 is 1.93 bits per heavy atom.